The monoisotopic (exact) mass is 318 g/mol. The van der Waals surface area contributed by atoms with E-state index in [1.165, 1.54) is 0 Å². The van der Waals surface area contributed by atoms with Gasteiger partial charge in [-0.25, -0.2) is 4.79 Å². The average Bonchev–Trinajstić information content (AvgIpc) is 2.98. The largest absolute Gasteiger partial charge is 0.465 e. The highest BCUT2D eigenvalue weighted by Crippen LogP contribution is 2.36. The van der Waals surface area contributed by atoms with Crippen LogP contribution < -0.4 is 5.32 Å². The predicted molar refractivity (Wildman–Crippen MR) is 90.6 cm³/mol. The van der Waals surface area contributed by atoms with Crippen LogP contribution in [-0.4, -0.2) is 21.4 Å². The zero-order valence-corrected chi connectivity index (χ0v) is 12.9. The van der Waals surface area contributed by atoms with Crippen molar-refractivity contribution in [3.8, 4) is 28.5 Å². The van der Waals surface area contributed by atoms with Crippen molar-refractivity contribution in [1.29, 1.82) is 5.26 Å². The number of H-pyrrole nitrogens is 1. The van der Waals surface area contributed by atoms with Crippen molar-refractivity contribution < 1.29 is 9.90 Å². The highest BCUT2D eigenvalue weighted by Gasteiger charge is 2.18. The second-order valence-electron chi connectivity index (χ2n) is 5.31. The molecule has 3 aromatic rings. The smallest absolute Gasteiger partial charge is 0.410 e. The molecule has 0 saturated heterocycles. The fourth-order valence-electron chi connectivity index (χ4n) is 2.46. The first-order valence-electron chi connectivity index (χ1n) is 7.24. The number of aromatic amines is 1. The number of hydrogen-bond donors (Lipinski definition) is 3. The van der Waals surface area contributed by atoms with Gasteiger partial charge in [-0.15, -0.1) is 0 Å². The molecule has 0 spiro atoms. The Labute approximate surface area is 138 Å². The number of nitrogens with one attached hydrogen (secondary N) is 2. The van der Waals surface area contributed by atoms with Crippen LogP contribution in [0.2, 0.25) is 0 Å². The van der Waals surface area contributed by atoms with Crippen LogP contribution in [0.15, 0.2) is 48.5 Å². The molecule has 0 fully saturated rings. The molecule has 3 N–H and O–H groups in total. The molecular formula is C18H14N4O2. The fraction of sp³-hybridized carbons (Fsp3) is 0.0556. The molecule has 3 rings (SSSR count). The minimum absolute atomic E-state index is 0.225. The molecule has 118 valence electrons. The molecule has 0 aliphatic rings. The lowest BCUT2D eigenvalue weighted by molar-refractivity contribution is 0.209. The minimum atomic E-state index is -1.19. The van der Waals surface area contributed by atoms with E-state index in [-0.39, 0.29) is 5.82 Å². The number of anilines is 1. The standard InChI is InChI=1S/C18H14N4O2/c1-11-2-6-14(7-3-11)16-15(17(22-21-16)20-18(23)24)13-8-4-12(10-19)5-9-13/h2-9H,1H3,(H,23,24)(H2,20,21,22). The Bertz CT molecular complexity index is 919. The van der Waals surface area contributed by atoms with Crippen LogP contribution in [-0.2, 0) is 0 Å². The Hall–Kier alpha value is -3.59. The van der Waals surface area contributed by atoms with Gasteiger partial charge < -0.3 is 5.11 Å². The SMILES string of the molecule is Cc1ccc(-c2[nH]nc(NC(=O)O)c2-c2ccc(C#N)cc2)cc1. The third-order valence-corrected chi connectivity index (χ3v) is 3.63. The number of aromatic nitrogens is 2. The number of nitriles is 1. The van der Waals surface area contributed by atoms with Gasteiger partial charge in [0.05, 0.1) is 22.9 Å². The van der Waals surface area contributed by atoms with E-state index in [2.05, 4.69) is 21.6 Å². The molecule has 24 heavy (non-hydrogen) atoms. The molecule has 0 saturated carbocycles. The first kappa shape index (κ1) is 15.3. The van der Waals surface area contributed by atoms with Gasteiger partial charge in [-0.2, -0.15) is 10.4 Å². The Morgan fingerprint density at radius 3 is 2.33 bits per heavy atom. The van der Waals surface area contributed by atoms with Crippen molar-refractivity contribution in [1.82, 2.24) is 10.2 Å². The zero-order chi connectivity index (χ0) is 17.1. The Morgan fingerprint density at radius 1 is 1.12 bits per heavy atom. The van der Waals surface area contributed by atoms with Gasteiger partial charge in [0.2, 0.25) is 0 Å². The average molecular weight is 318 g/mol. The van der Waals surface area contributed by atoms with E-state index in [0.717, 1.165) is 16.7 Å². The second-order valence-corrected chi connectivity index (χ2v) is 5.31. The van der Waals surface area contributed by atoms with Gasteiger partial charge in [0.1, 0.15) is 0 Å². The quantitative estimate of drug-likeness (QED) is 0.679. The first-order chi connectivity index (χ1) is 11.6. The third kappa shape index (κ3) is 2.96. The molecule has 0 atom stereocenters. The van der Waals surface area contributed by atoms with Gasteiger partial charge in [-0.05, 0) is 24.6 Å². The van der Waals surface area contributed by atoms with Crippen molar-refractivity contribution in [2.24, 2.45) is 0 Å². The molecule has 0 radical (unpaired) electrons. The first-order valence-corrected chi connectivity index (χ1v) is 7.24. The maximum atomic E-state index is 11.0. The number of carbonyl (C=O) groups is 1. The Kier molecular flexibility index (Phi) is 4.00. The molecule has 0 unspecified atom stereocenters. The van der Waals surface area contributed by atoms with Crippen molar-refractivity contribution >= 4 is 11.9 Å². The summed E-state index contributed by atoms with van der Waals surface area (Å²) in [5, 5.41) is 27.3. The molecule has 0 aliphatic heterocycles. The molecule has 1 heterocycles. The van der Waals surface area contributed by atoms with Crippen molar-refractivity contribution in [2.75, 3.05) is 5.32 Å². The van der Waals surface area contributed by atoms with E-state index in [4.69, 9.17) is 10.4 Å². The lowest BCUT2D eigenvalue weighted by atomic mass is 9.99. The lowest BCUT2D eigenvalue weighted by Crippen LogP contribution is -2.08. The van der Waals surface area contributed by atoms with Gasteiger partial charge in [-0.3, -0.25) is 10.4 Å². The van der Waals surface area contributed by atoms with Crippen LogP contribution >= 0.6 is 0 Å². The highest BCUT2D eigenvalue weighted by molar-refractivity contribution is 5.94. The number of rotatable bonds is 3. The summed E-state index contributed by atoms with van der Waals surface area (Å²) >= 11 is 0. The van der Waals surface area contributed by atoms with Crippen molar-refractivity contribution in [3.63, 3.8) is 0 Å². The molecule has 1 aromatic heterocycles. The molecule has 1 amide bonds. The lowest BCUT2D eigenvalue weighted by Gasteiger charge is -2.07. The van der Waals surface area contributed by atoms with Gasteiger partial charge >= 0.3 is 6.09 Å². The summed E-state index contributed by atoms with van der Waals surface area (Å²) in [5.41, 5.74) is 4.68. The molecule has 0 bridgehead atoms. The molecule has 6 heteroatoms. The topological polar surface area (TPSA) is 102 Å². The normalized spacial score (nSPS) is 10.2. The van der Waals surface area contributed by atoms with Crippen LogP contribution in [0, 0.1) is 18.3 Å². The summed E-state index contributed by atoms with van der Waals surface area (Å²) in [4.78, 5) is 11.0. The van der Waals surface area contributed by atoms with E-state index in [0.29, 0.717) is 16.8 Å². The maximum absolute atomic E-state index is 11.0. The fourth-order valence-corrected chi connectivity index (χ4v) is 2.46. The Balaban J connectivity index is 2.15. The van der Waals surface area contributed by atoms with Crippen molar-refractivity contribution in [3.05, 3.63) is 59.7 Å². The predicted octanol–water partition coefficient (Wildman–Crippen LogP) is 4.01. The second kappa shape index (κ2) is 6.26. The van der Waals surface area contributed by atoms with E-state index in [9.17, 15) is 4.79 Å². The number of hydrogen-bond acceptors (Lipinski definition) is 3. The summed E-state index contributed by atoms with van der Waals surface area (Å²) in [7, 11) is 0. The molecule has 6 nitrogen and oxygen atoms in total. The third-order valence-electron chi connectivity index (χ3n) is 3.63. The molecular weight excluding hydrogens is 304 g/mol. The summed E-state index contributed by atoms with van der Waals surface area (Å²) in [6.07, 6.45) is -1.19. The minimum Gasteiger partial charge on any atom is -0.465 e. The van der Waals surface area contributed by atoms with Crippen LogP contribution in [0.4, 0.5) is 10.6 Å². The number of aryl methyl sites for hydroxylation is 1. The number of carboxylic acid groups (broad SMARTS) is 1. The van der Waals surface area contributed by atoms with E-state index in [1.807, 2.05) is 31.2 Å². The maximum Gasteiger partial charge on any atom is 0.410 e. The van der Waals surface area contributed by atoms with Crippen LogP contribution in [0.5, 0.6) is 0 Å². The summed E-state index contributed by atoms with van der Waals surface area (Å²) in [6, 6.07) is 16.8. The Morgan fingerprint density at radius 2 is 1.75 bits per heavy atom. The van der Waals surface area contributed by atoms with Gasteiger partial charge in [0, 0.05) is 5.56 Å². The van der Waals surface area contributed by atoms with E-state index in [1.54, 1.807) is 24.3 Å². The van der Waals surface area contributed by atoms with Crippen LogP contribution in [0.25, 0.3) is 22.4 Å². The van der Waals surface area contributed by atoms with Gasteiger partial charge in [0.15, 0.2) is 5.82 Å². The number of amides is 1. The summed E-state index contributed by atoms with van der Waals surface area (Å²) in [5.74, 6) is 0.225. The van der Waals surface area contributed by atoms with Crippen molar-refractivity contribution in [2.45, 2.75) is 6.92 Å². The summed E-state index contributed by atoms with van der Waals surface area (Å²) < 4.78 is 0. The molecule has 2 aromatic carbocycles. The van der Waals surface area contributed by atoms with Crippen LogP contribution in [0.1, 0.15) is 11.1 Å². The van der Waals surface area contributed by atoms with Gasteiger partial charge in [0.25, 0.3) is 0 Å². The summed E-state index contributed by atoms with van der Waals surface area (Å²) in [6.45, 7) is 2.00. The van der Waals surface area contributed by atoms with E-state index >= 15 is 0 Å². The highest BCUT2D eigenvalue weighted by atomic mass is 16.4. The van der Waals surface area contributed by atoms with E-state index < -0.39 is 6.09 Å². The van der Waals surface area contributed by atoms with Gasteiger partial charge in [-0.1, -0.05) is 42.0 Å². The van der Waals surface area contributed by atoms with Crippen LogP contribution in [0.3, 0.4) is 0 Å². The number of benzene rings is 2. The number of nitrogens with zero attached hydrogens (tertiary/aromatic N) is 2. The molecule has 0 aliphatic carbocycles. The zero-order valence-electron chi connectivity index (χ0n) is 12.9.